The quantitative estimate of drug-likeness (QED) is 0.629. The van der Waals surface area contributed by atoms with Crippen LogP contribution >= 0.6 is 11.6 Å². The minimum Gasteiger partial charge on any atom is -0.335 e. The lowest BCUT2D eigenvalue weighted by atomic mass is 10.2. The van der Waals surface area contributed by atoms with Gasteiger partial charge >= 0.3 is 0 Å². The average Bonchev–Trinajstić information content (AvgIpc) is 2.82. The van der Waals surface area contributed by atoms with Crippen molar-refractivity contribution in [3.8, 4) is 0 Å². The van der Waals surface area contributed by atoms with Gasteiger partial charge in [0.05, 0.1) is 11.3 Å². The Bertz CT molecular complexity index is 368. The Kier molecular flexibility index (Phi) is 1.80. The van der Waals surface area contributed by atoms with E-state index in [-0.39, 0.29) is 5.91 Å². The van der Waals surface area contributed by atoms with E-state index in [0.717, 1.165) is 13.1 Å². The molecule has 1 aliphatic rings. The summed E-state index contributed by atoms with van der Waals surface area (Å²) < 4.78 is 1.52. The summed E-state index contributed by atoms with van der Waals surface area (Å²) in [5.74, 6) is -0.00407. The van der Waals surface area contributed by atoms with Crippen LogP contribution in [0.1, 0.15) is 16.1 Å². The summed E-state index contributed by atoms with van der Waals surface area (Å²) in [5, 5.41) is 4.50. The van der Waals surface area contributed by atoms with Gasteiger partial charge in [0.15, 0.2) is 0 Å². The Hall–Kier alpha value is -1.03. The number of aryl methyl sites for hydroxylation is 2. The molecule has 1 aromatic heterocycles. The summed E-state index contributed by atoms with van der Waals surface area (Å²) in [7, 11) is 1.73. The van der Waals surface area contributed by atoms with Crippen LogP contribution in [0.5, 0.6) is 0 Å². The molecular weight excluding hydrogens is 190 g/mol. The molecule has 13 heavy (non-hydrogen) atoms. The molecule has 0 aliphatic carbocycles. The van der Waals surface area contributed by atoms with E-state index in [1.54, 1.807) is 18.9 Å². The van der Waals surface area contributed by atoms with Gasteiger partial charge in [-0.3, -0.25) is 9.48 Å². The first-order valence-electron chi connectivity index (χ1n) is 4.09. The summed E-state index contributed by atoms with van der Waals surface area (Å²) in [4.78, 5) is 13.4. The van der Waals surface area contributed by atoms with E-state index in [2.05, 4.69) is 5.10 Å². The lowest BCUT2D eigenvalue weighted by molar-refractivity contribution is 0.0885. The molecule has 0 spiro atoms. The number of nitrogens with zero attached hydrogens (tertiary/aromatic N) is 3. The molecule has 1 amide bonds. The lowest BCUT2D eigenvalue weighted by Crippen LogP contribution is -2.11. The summed E-state index contributed by atoms with van der Waals surface area (Å²) in [6.07, 6.45) is 0. The van der Waals surface area contributed by atoms with Crippen LogP contribution in [0.25, 0.3) is 0 Å². The van der Waals surface area contributed by atoms with Crippen molar-refractivity contribution in [1.29, 1.82) is 0 Å². The molecule has 5 heteroatoms. The molecule has 2 heterocycles. The van der Waals surface area contributed by atoms with E-state index >= 15 is 0 Å². The normalized spacial score (nSPS) is 14.8. The second-order valence-corrected chi connectivity index (χ2v) is 3.53. The Morgan fingerprint density at radius 1 is 1.54 bits per heavy atom. The maximum Gasteiger partial charge on any atom is 0.259 e. The smallest absolute Gasteiger partial charge is 0.259 e. The molecule has 0 atom stereocenters. The van der Waals surface area contributed by atoms with Crippen molar-refractivity contribution in [3.05, 3.63) is 16.4 Å². The SMILES string of the molecule is Cc1nn(C)c(Cl)c1C(=O)N1CC1. The standard InChI is InChI=1S/C8H10ClN3O/c1-5-6(7(9)11(2)10-5)8(13)12-3-4-12/h3-4H2,1-2H3. The molecule has 4 nitrogen and oxygen atoms in total. The van der Waals surface area contributed by atoms with Crippen LogP contribution in [-0.4, -0.2) is 33.7 Å². The van der Waals surface area contributed by atoms with Gasteiger partial charge in [0.2, 0.25) is 0 Å². The van der Waals surface area contributed by atoms with Gasteiger partial charge in [-0.25, -0.2) is 0 Å². The predicted octanol–water partition coefficient (Wildman–Crippen LogP) is 0.838. The molecule has 0 bridgehead atoms. The minimum atomic E-state index is -0.00407. The van der Waals surface area contributed by atoms with Crippen LogP contribution in [-0.2, 0) is 7.05 Å². The van der Waals surface area contributed by atoms with Gasteiger partial charge in [-0.2, -0.15) is 5.10 Å². The van der Waals surface area contributed by atoms with E-state index in [1.807, 2.05) is 0 Å². The molecule has 1 fully saturated rings. The van der Waals surface area contributed by atoms with E-state index in [9.17, 15) is 4.79 Å². The number of rotatable bonds is 1. The largest absolute Gasteiger partial charge is 0.335 e. The zero-order valence-corrected chi connectivity index (χ0v) is 8.30. The van der Waals surface area contributed by atoms with Crippen molar-refractivity contribution in [1.82, 2.24) is 14.7 Å². The maximum atomic E-state index is 11.7. The van der Waals surface area contributed by atoms with Crippen molar-refractivity contribution >= 4 is 17.5 Å². The fourth-order valence-electron chi connectivity index (χ4n) is 1.28. The zero-order chi connectivity index (χ0) is 9.59. The number of hydrogen-bond donors (Lipinski definition) is 0. The number of carbonyl (C=O) groups excluding carboxylic acids is 1. The number of amides is 1. The summed E-state index contributed by atoms with van der Waals surface area (Å²) >= 11 is 5.93. The number of aromatic nitrogens is 2. The number of halogens is 1. The molecule has 1 aromatic rings. The highest BCUT2D eigenvalue weighted by atomic mass is 35.5. The van der Waals surface area contributed by atoms with E-state index in [1.165, 1.54) is 4.68 Å². The molecule has 2 rings (SSSR count). The van der Waals surface area contributed by atoms with Crippen LogP contribution in [0.4, 0.5) is 0 Å². The first-order chi connectivity index (χ1) is 6.11. The van der Waals surface area contributed by atoms with Gasteiger partial charge in [0, 0.05) is 20.1 Å². The van der Waals surface area contributed by atoms with Crippen LogP contribution in [0, 0.1) is 6.92 Å². The molecule has 70 valence electrons. The highest BCUT2D eigenvalue weighted by Crippen LogP contribution is 2.22. The Balaban J connectivity index is 2.42. The Morgan fingerprint density at radius 3 is 2.54 bits per heavy atom. The molecule has 0 radical (unpaired) electrons. The number of carbonyl (C=O) groups is 1. The fourth-order valence-corrected chi connectivity index (χ4v) is 1.54. The maximum absolute atomic E-state index is 11.7. The van der Waals surface area contributed by atoms with Gasteiger partial charge < -0.3 is 4.90 Å². The molecule has 0 aromatic carbocycles. The second kappa shape index (κ2) is 2.73. The zero-order valence-electron chi connectivity index (χ0n) is 7.54. The van der Waals surface area contributed by atoms with Crippen LogP contribution < -0.4 is 0 Å². The first kappa shape index (κ1) is 8.56. The molecule has 0 unspecified atom stereocenters. The van der Waals surface area contributed by atoms with Gasteiger partial charge in [0.25, 0.3) is 5.91 Å². The second-order valence-electron chi connectivity index (χ2n) is 3.17. The molecule has 0 saturated carbocycles. The van der Waals surface area contributed by atoms with E-state index in [0.29, 0.717) is 16.4 Å². The summed E-state index contributed by atoms with van der Waals surface area (Å²) in [6.45, 7) is 3.47. The van der Waals surface area contributed by atoms with Crippen molar-refractivity contribution in [2.75, 3.05) is 13.1 Å². The third-order valence-corrected chi connectivity index (χ3v) is 2.53. The van der Waals surface area contributed by atoms with Gasteiger partial charge in [-0.1, -0.05) is 11.6 Å². The van der Waals surface area contributed by atoms with Gasteiger partial charge in [-0.05, 0) is 6.92 Å². The van der Waals surface area contributed by atoms with Gasteiger partial charge in [-0.15, -0.1) is 0 Å². The fraction of sp³-hybridized carbons (Fsp3) is 0.500. The molecule has 1 saturated heterocycles. The third-order valence-electron chi connectivity index (χ3n) is 2.10. The predicted molar refractivity (Wildman–Crippen MR) is 48.9 cm³/mol. The molecule has 0 N–H and O–H groups in total. The first-order valence-corrected chi connectivity index (χ1v) is 4.47. The van der Waals surface area contributed by atoms with Crippen molar-refractivity contribution < 1.29 is 4.79 Å². The summed E-state index contributed by atoms with van der Waals surface area (Å²) in [5.41, 5.74) is 1.24. The monoisotopic (exact) mass is 199 g/mol. The number of hydrogen-bond acceptors (Lipinski definition) is 2. The van der Waals surface area contributed by atoms with Gasteiger partial charge in [0.1, 0.15) is 5.15 Å². The Labute approximate surface area is 81.1 Å². The van der Waals surface area contributed by atoms with E-state index < -0.39 is 0 Å². The highest BCUT2D eigenvalue weighted by Gasteiger charge is 2.30. The van der Waals surface area contributed by atoms with Crippen LogP contribution in [0.15, 0.2) is 0 Å². The van der Waals surface area contributed by atoms with Crippen molar-refractivity contribution in [3.63, 3.8) is 0 Å². The highest BCUT2D eigenvalue weighted by molar-refractivity contribution is 6.33. The minimum absolute atomic E-state index is 0.00407. The van der Waals surface area contributed by atoms with Crippen LogP contribution in [0.2, 0.25) is 5.15 Å². The van der Waals surface area contributed by atoms with Crippen molar-refractivity contribution in [2.45, 2.75) is 6.92 Å². The van der Waals surface area contributed by atoms with Crippen LogP contribution in [0.3, 0.4) is 0 Å². The topological polar surface area (TPSA) is 37.9 Å². The Morgan fingerprint density at radius 2 is 2.15 bits per heavy atom. The average molecular weight is 200 g/mol. The lowest BCUT2D eigenvalue weighted by Gasteiger charge is -1.99. The van der Waals surface area contributed by atoms with E-state index in [4.69, 9.17) is 11.6 Å². The summed E-state index contributed by atoms with van der Waals surface area (Å²) in [6, 6.07) is 0. The molecular formula is C8H10ClN3O. The van der Waals surface area contributed by atoms with Crippen molar-refractivity contribution in [2.24, 2.45) is 7.05 Å². The molecule has 1 aliphatic heterocycles. The third kappa shape index (κ3) is 1.31.